The van der Waals surface area contributed by atoms with Gasteiger partial charge in [-0.05, 0) is 56.4 Å². The lowest BCUT2D eigenvalue weighted by molar-refractivity contribution is -0.140. The van der Waals surface area contributed by atoms with Crippen molar-refractivity contribution in [2.45, 2.75) is 52.1 Å². The van der Waals surface area contributed by atoms with Crippen LogP contribution in [0.3, 0.4) is 0 Å². The van der Waals surface area contributed by atoms with E-state index in [2.05, 4.69) is 10.2 Å². The van der Waals surface area contributed by atoms with E-state index < -0.39 is 17.8 Å². The summed E-state index contributed by atoms with van der Waals surface area (Å²) < 4.78 is 13.1. The van der Waals surface area contributed by atoms with Gasteiger partial charge in [0.1, 0.15) is 11.9 Å². The van der Waals surface area contributed by atoms with Crippen LogP contribution in [0.5, 0.6) is 0 Å². The van der Waals surface area contributed by atoms with Crippen molar-refractivity contribution in [3.63, 3.8) is 0 Å². The third-order valence-corrected chi connectivity index (χ3v) is 6.52. The molecule has 8 heteroatoms. The van der Waals surface area contributed by atoms with Gasteiger partial charge in [-0.3, -0.25) is 19.3 Å². The van der Waals surface area contributed by atoms with Gasteiger partial charge >= 0.3 is 0 Å². The Balaban J connectivity index is 1.55. The van der Waals surface area contributed by atoms with E-state index in [9.17, 15) is 18.8 Å². The summed E-state index contributed by atoms with van der Waals surface area (Å²) in [5.74, 6) is -0.842. The first kappa shape index (κ1) is 24.2. The van der Waals surface area contributed by atoms with Crippen LogP contribution in [0.15, 0.2) is 24.3 Å². The Labute approximate surface area is 189 Å². The van der Waals surface area contributed by atoms with E-state index >= 15 is 0 Å². The van der Waals surface area contributed by atoms with Gasteiger partial charge in [-0.15, -0.1) is 0 Å². The van der Waals surface area contributed by atoms with Crippen molar-refractivity contribution in [2.24, 2.45) is 5.92 Å². The highest BCUT2D eigenvalue weighted by atomic mass is 19.1. The summed E-state index contributed by atoms with van der Waals surface area (Å²) in [6.45, 7) is 9.71. The second-order valence-electron chi connectivity index (χ2n) is 9.13. The third-order valence-electron chi connectivity index (χ3n) is 6.52. The van der Waals surface area contributed by atoms with E-state index in [0.717, 1.165) is 25.9 Å². The molecular weight excluding hydrogens is 411 g/mol. The maximum atomic E-state index is 13.2. The van der Waals surface area contributed by atoms with Crippen LogP contribution < -0.4 is 5.32 Å². The molecule has 2 aliphatic rings. The average molecular weight is 447 g/mol. The second-order valence-corrected chi connectivity index (χ2v) is 9.13. The minimum absolute atomic E-state index is 0.0930. The zero-order valence-electron chi connectivity index (χ0n) is 19.3. The summed E-state index contributed by atoms with van der Waals surface area (Å²) in [4.78, 5) is 44.4. The smallest absolute Gasteiger partial charge is 0.251 e. The predicted molar refractivity (Wildman–Crippen MR) is 121 cm³/mol. The van der Waals surface area contributed by atoms with E-state index in [-0.39, 0.29) is 23.8 Å². The summed E-state index contributed by atoms with van der Waals surface area (Å²) in [7, 11) is 0. The fourth-order valence-electron chi connectivity index (χ4n) is 4.40. The Hall–Kier alpha value is -2.48. The number of halogens is 1. The minimum atomic E-state index is -0.661. The van der Waals surface area contributed by atoms with Crippen molar-refractivity contribution in [2.75, 3.05) is 39.3 Å². The van der Waals surface area contributed by atoms with Crippen molar-refractivity contribution in [3.05, 3.63) is 35.6 Å². The summed E-state index contributed by atoms with van der Waals surface area (Å²) in [6.07, 6.45) is 3.33. The molecule has 2 atom stereocenters. The van der Waals surface area contributed by atoms with Crippen molar-refractivity contribution < 1.29 is 18.8 Å². The van der Waals surface area contributed by atoms with Crippen molar-refractivity contribution >= 4 is 17.7 Å². The molecule has 176 valence electrons. The molecule has 0 saturated carbocycles. The summed E-state index contributed by atoms with van der Waals surface area (Å²) in [5, 5.41) is 2.82. The van der Waals surface area contributed by atoms with Gasteiger partial charge in [-0.25, -0.2) is 4.39 Å². The fraction of sp³-hybridized carbons (Fsp3) is 0.625. The zero-order valence-corrected chi connectivity index (χ0v) is 19.3. The molecule has 3 amide bonds. The fourth-order valence-corrected chi connectivity index (χ4v) is 4.40. The number of piperazine rings is 1. The molecule has 0 radical (unpaired) electrons. The van der Waals surface area contributed by atoms with Crippen LogP contribution in [-0.4, -0.2) is 83.8 Å². The van der Waals surface area contributed by atoms with Gasteiger partial charge in [-0.2, -0.15) is 0 Å². The molecule has 3 rings (SSSR count). The standard InChI is InChI=1S/C24H35FN4O3/c1-17(2)21(26-22(30)19-7-9-20(25)10-8-19)24(32)29-15-13-27(14-16-29)18(3)23(31)28-11-5-4-6-12-28/h7-10,17-18,21H,4-6,11-16H2,1-3H3,(H,26,30)/t18-,21-/m1/s1. The molecular formula is C24H35FN4O3. The lowest BCUT2D eigenvalue weighted by atomic mass is 10.0. The van der Waals surface area contributed by atoms with E-state index in [1.165, 1.54) is 30.7 Å². The molecule has 0 spiro atoms. The van der Waals surface area contributed by atoms with Gasteiger partial charge in [0, 0.05) is 44.8 Å². The molecule has 0 aliphatic carbocycles. The SMILES string of the molecule is CC(C)[C@@H](NC(=O)c1ccc(F)cc1)C(=O)N1CCN([C@H](C)C(=O)N2CCCCC2)CC1. The van der Waals surface area contributed by atoms with Crippen LogP contribution in [0.4, 0.5) is 4.39 Å². The van der Waals surface area contributed by atoms with Crippen LogP contribution in [0.1, 0.15) is 50.4 Å². The normalized spacial score (nSPS) is 19.5. The molecule has 0 aromatic heterocycles. The lowest BCUT2D eigenvalue weighted by Crippen LogP contribution is -2.59. The summed E-state index contributed by atoms with van der Waals surface area (Å²) >= 11 is 0. The third kappa shape index (κ3) is 5.85. The van der Waals surface area contributed by atoms with E-state index in [1.807, 2.05) is 25.7 Å². The number of piperidine rings is 1. The minimum Gasteiger partial charge on any atom is -0.341 e. The van der Waals surface area contributed by atoms with Gasteiger partial charge in [-0.1, -0.05) is 13.8 Å². The quantitative estimate of drug-likeness (QED) is 0.727. The number of nitrogens with one attached hydrogen (secondary N) is 1. The van der Waals surface area contributed by atoms with Gasteiger partial charge in [0.15, 0.2) is 0 Å². The van der Waals surface area contributed by atoms with Crippen molar-refractivity contribution in [1.29, 1.82) is 0 Å². The first-order valence-corrected chi connectivity index (χ1v) is 11.7. The number of carbonyl (C=O) groups is 3. The molecule has 2 aliphatic heterocycles. The van der Waals surface area contributed by atoms with E-state index in [4.69, 9.17) is 0 Å². The Morgan fingerprint density at radius 2 is 1.38 bits per heavy atom. The highest BCUT2D eigenvalue weighted by Gasteiger charge is 2.34. The van der Waals surface area contributed by atoms with E-state index in [1.54, 1.807) is 4.90 Å². The molecule has 32 heavy (non-hydrogen) atoms. The number of likely N-dealkylation sites (tertiary alicyclic amines) is 1. The lowest BCUT2D eigenvalue weighted by Gasteiger charge is -2.40. The molecule has 1 aromatic carbocycles. The van der Waals surface area contributed by atoms with Gasteiger partial charge < -0.3 is 15.1 Å². The molecule has 1 N–H and O–H groups in total. The Kier molecular flexibility index (Phi) is 8.23. The molecule has 7 nitrogen and oxygen atoms in total. The van der Waals surface area contributed by atoms with Crippen LogP contribution >= 0.6 is 0 Å². The number of hydrogen-bond donors (Lipinski definition) is 1. The van der Waals surface area contributed by atoms with Gasteiger partial charge in [0.25, 0.3) is 5.91 Å². The van der Waals surface area contributed by atoms with E-state index in [0.29, 0.717) is 31.7 Å². The van der Waals surface area contributed by atoms with Crippen LogP contribution in [0, 0.1) is 11.7 Å². The Morgan fingerprint density at radius 3 is 1.94 bits per heavy atom. The zero-order chi connectivity index (χ0) is 23.3. The number of amides is 3. The topological polar surface area (TPSA) is 73.0 Å². The largest absolute Gasteiger partial charge is 0.341 e. The maximum Gasteiger partial charge on any atom is 0.251 e. The highest BCUT2D eigenvalue weighted by Crippen LogP contribution is 2.16. The average Bonchev–Trinajstić information content (AvgIpc) is 2.82. The Bertz CT molecular complexity index is 800. The first-order valence-electron chi connectivity index (χ1n) is 11.7. The second kappa shape index (κ2) is 10.9. The number of benzene rings is 1. The molecule has 1 aromatic rings. The summed E-state index contributed by atoms with van der Waals surface area (Å²) in [6, 6.07) is 4.42. The highest BCUT2D eigenvalue weighted by molar-refractivity contribution is 5.97. The molecule has 2 saturated heterocycles. The summed E-state index contributed by atoms with van der Waals surface area (Å²) in [5.41, 5.74) is 0.319. The van der Waals surface area contributed by atoms with Crippen LogP contribution in [-0.2, 0) is 9.59 Å². The van der Waals surface area contributed by atoms with Crippen molar-refractivity contribution in [3.8, 4) is 0 Å². The Morgan fingerprint density at radius 1 is 0.812 bits per heavy atom. The number of carbonyl (C=O) groups excluding carboxylic acids is 3. The van der Waals surface area contributed by atoms with Crippen molar-refractivity contribution in [1.82, 2.24) is 20.0 Å². The molecule has 0 unspecified atom stereocenters. The maximum absolute atomic E-state index is 13.2. The van der Waals surface area contributed by atoms with Gasteiger partial charge in [0.2, 0.25) is 11.8 Å². The number of nitrogens with zero attached hydrogens (tertiary/aromatic N) is 3. The molecule has 0 bridgehead atoms. The number of rotatable bonds is 6. The molecule has 2 fully saturated rings. The van der Waals surface area contributed by atoms with Crippen LogP contribution in [0.2, 0.25) is 0 Å². The van der Waals surface area contributed by atoms with Gasteiger partial charge in [0.05, 0.1) is 6.04 Å². The monoisotopic (exact) mass is 446 g/mol. The molecule has 2 heterocycles. The van der Waals surface area contributed by atoms with Crippen LogP contribution in [0.25, 0.3) is 0 Å². The predicted octanol–water partition coefficient (Wildman–Crippen LogP) is 2.13. The first-order chi connectivity index (χ1) is 15.3. The number of hydrogen-bond acceptors (Lipinski definition) is 4.